The van der Waals surface area contributed by atoms with Crippen LogP contribution in [0, 0.1) is 0 Å². The van der Waals surface area contributed by atoms with Crippen molar-refractivity contribution in [1.29, 1.82) is 0 Å². The maximum absolute atomic E-state index is 5.10. The molecule has 0 amide bonds. The predicted molar refractivity (Wildman–Crippen MR) is 256 cm³/mol. The second kappa shape index (κ2) is 15.8. The summed E-state index contributed by atoms with van der Waals surface area (Å²) in [6.45, 7) is 0. The van der Waals surface area contributed by atoms with Crippen LogP contribution in [0.25, 0.3) is 110 Å². The van der Waals surface area contributed by atoms with Gasteiger partial charge in [-0.1, -0.05) is 212 Å². The lowest BCUT2D eigenvalue weighted by Crippen LogP contribution is -2.00. The number of rotatable bonds is 8. The minimum Gasteiger partial charge on any atom is -0.208 e. The fourth-order valence-electron chi connectivity index (χ4n) is 8.20. The first-order chi connectivity index (χ1) is 30.2. The molecule has 2 heterocycles. The van der Waals surface area contributed by atoms with E-state index < -0.39 is 0 Å². The van der Waals surface area contributed by atoms with Gasteiger partial charge in [-0.15, -0.1) is 11.3 Å². The molecule has 0 bridgehead atoms. The molecule has 0 radical (unpaired) electrons. The zero-order valence-electron chi connectivity index (χ0n) is 33.1. The Labute approximate surface area is 359 Å². The minimum atomic E-state index is 0.631. The first kappa shape index (κ1) is 36.3. The number of thiophene rings is 1. The quantitative estimate of drug-likeness (QED) is 0.154. The Bertz CT molecular complexity index is 3190. The lowest BCUT2D eigenvalue weighted by atomic mass is 9.95. The molecule has 0 aliphatic carbocycles. The molecule has 61 heavy (non-hydrogen) atoms. The second-order valence-corrected chi connectivity index (χ2v) is 16.2. The van der Waals surface area contributed by atoms with Gasteiger partial charge in [-0.25, -0.2) is 15.0 Å². The van der Waals surface area contributed by atoms with Crippen LogP contribution in [0.2, 0.25) is 0 Å². The molecule has 11 aromatic rings. The van der Waals surface area contributed by atoms with E-state index in [1.807, 2.05) is 23.5 Å². The number of aromatic nitrogens is 3. The Balaban J connectivity index is 0.996. The third kappa shape index (κ3) is 7.09. The van der Waals surface area contributed by atoms with E-state index in [0.717, 1.165) is 33.4 Å². The number of hydrogen-bond acceptors (Lipinski definition) is 4. The summed E-state index contributed by atoms with van der Waals surface area (Å²) >= 11 is 1.87. The monoisotopic (exact) mass is 795 g/mol. The summed E-state index contributed by atoms with van der Waals surface area (Å²) in [4.78, 5) is 15.3. The van der Waals surface area contributed by atoms with Crippen LogP contribution >= 0.6 is 11.3 Å². The van der Waals surface area contributed by atoms with E-state index in [-0.39, 0.29) is 0 Å². The molecule has 11 rings (SSSR count). The third-order valence-corrected chi connectivity index (χ3v) is 12.7. The zero-order chi connectivity index (χ0) is 40.5. The van der Waals surface area contributed by atoms with Gasteiger partial charge in [0.2, 0.25) is 0 Å². The van der Waals surface area contributed by atoms with Gasteiger partial charge in [0.25, 0.3) is 0 Å². The molecule has 0 fully saturated rings. The molecule has 286 valence electrons. The molecule has 0 atom stereocenters. The van der Waals surface area contributed by atoms with E-state index >= 15 is 0 Å². The Morgan fingerprint density at radius 3 is 1.03 bits per heavy atom. The summed E-state index contributed by atoms with van der Waals surface area (Å²) in [6.07, 6.45) is 0. The zero-order valence-corrected chi connectivity index (χ0v) is 33.9. The summed E-state index contributed by atoms with van der Waals surface area (Å²) in [6, 6.07) is 79.3. The number of fused-ring (bicyclic) bond motifs is 3. The predicted octanol–water partition coefficient (Wildman–Crippen LogP) is 15.6. The van der Waals surface area contributed by atoms with Crippen molar-refractivity contribution in [3.8, 4) is 89.8 Å². The number of benzene rings is 9. The Morgan fingerprint density at radius 2 is 0.574 bits per heavy atom. The Hall–Kier alpha value is -7.79. The highest BCUT2D eigenvalue weighted by Crippen LogP contribution is 2.46. The number of nitrogens with zero attached hydrogens (tertiary/aromatic N) is 3. The van der Waals surface area contributed by atoms with Crippen LogP contribution < -0.4 is 0 Å². The molecule has 0 N–H and O–H groups in total. The van der Waals surface area contributed by atoms with E-state index in [9.17, 15) is 0 Å². The largest absolute Gasteiger partial charge is 0.208 e. The van der Waals surface area contributed by atoms with Gasteiger partial charge in [-0.05, 0) is 62.2 Å². The van der Waals surface area contributed by atoms with Crippen molar-refractivity contribution in [3.05, 3.63) is 224 Å². The fraction of sp³-hybridized carbons (Fsp3) is 0. The van der Waals surface area contributed by atoms with Gasteiger partial charge >= 0.3 is 0 Å². The van der Waals surface area contributed by atoms with Crippen molar-refractivity contribution in [2.75, 3.05) is 0 Å². The van der Waals surface area contributed by atoms with Crippen molar-refractivity contribution in [3.63, 3.8) is 0 Å². The van der Waals surface area contributed by atoms with Gasteiger partial charge in [0.05, 0.1) is 0 Å². The van der Waals surface area contributed by atoms with Crippen LogP contribution in [0.5, 0.6) is 0 Å². The van der Waals surface area contributed by atoms with Gasteiger partial charge in [0.1, 0.15) is 0 Å². The van der Waals surface area contributed by atoms with E-state index in [2.05, 4.69) is 212 Å². The first-order valence-electron chi connectivity index (χ1n) is 20.5. The SMILES string of the molecule is c1ccc(-c2ccc(-c3nc(-c4ccc(-c5ccccc5)cc4)nc(-c4ccc(-c5cccc6c5sc5c(-c7ccccc7)cc(-c7ccccc7)cc56)cc4)n3)cc2)cc1. The van der Waals surface area contributed by atoms with Crippen molar-refractivity contribution in [2.24, 2.45) is 0 Å². The molecule has 0 aliphatic heterocycles. The van der Waals surface area contributed by atoms with Crippen LogP contribution in [0.4, 0.5) is 0 Å². The van der Waals surface area contributed by atoms with E-state index in [0.29, 0.717) is 17.5 Å². The smallest absolute Gasteiger partial charge is 0.164 e. The van der Waals surface area contributed by atoms with Crippen molar-refractivity contribution in [1.82, 2.24) is 15.0 Å². The Kier molecular flexibility index (Phi) is 9.38. The standard InChI is InChI=1S/C57H37N3S/c1-5-14-38(15-6-1)41-24-30-45(31-25-41)55-58-56(46-32-26-42(27-33-46)39-16-7-2-8-17-39)60-57(59-55)47-34-28-44(29-35-47)49-22-13-23-50-52-37-48(40-18-9-3-10-19-40)36-51(54(52)61-53(49)50)43-20-11-4-12-21-43/h1-37H. The summed E-state index contributed by atoms with van der Waals surface area (Å²) in [5.74, 6) is 1.90. The Morgan fingerprint density at radius 1 is 0.230 bits per heavy atom. The fourth-order valence-corrected chi connectivity index (χ4v) is 9.56. The maximum atomic E-state index is 5.10. The molecular formula is C57H37N3S. The normalized spacial score (nSPS) is 11.3. The molecule has 9 aromatic carbocycles. The van der Waals surface area contributed by atoms with Crippen LogP contribution in [0.1, 0.15) is 0 Å². The topological polar surface area (TPSA) is 38.7 Å². The number of hydrogen-bond donors (Lipinski definition) is 0. The summed E-state index contributed by atoms with van der Waals surface area (Å²) < 4.78 is 2.57. The van der Waals surface area contributed by atoms with Crippen LogP contribution in [-0.4, -0.2) is 15.0 Å². The van der Waals surface area contributed by atoms with Crippen molar-refractivity contribution >= 4 is 31.5 Å². The lowest BCUT2D eigenvalue weighted by Gasteiger charge is -2.10. The molecule has 3 nitrogen and oxygen atoms in total. The summed E-state index contributed by atoms with van der Waals surface area (Å²) in [7, 11) is 0. The molecule has 0 saturated heterocycles. The van der Waals surface area contributed by atoms with Gasteiger partial charge in [0, 0.05) is 42.4 Å². The molecule has 4 heteroatoms. The highest BCUT2D eigenvalue weighted by Gasteiger charge is 2.18. The highest BCUT2D eigenvalue weighted by molar-refractivity contribution is 7.26. The summed E-state index contributed by atoms with van der Waals surface area (Å²) in [5.41, 5.74) is 14.7. The second-order valence-electron chi connectivity index (χ2n) is 15.2. The van der Waals surface area contributed by atoms with Gasteiger partial charge in [-0.3, -0.25) is 0 Å². The average molecular weight is 796 g/mol. The first-order valence-corrected chi connectivity index (χ1v) is 21.3. The highest BCUT2D eigenvalue weighted by atomic mass is 32.1. The van der Waals surface area contributed by atoms with Gasteiger partial charge in [0.15, 0.2) is 17.5 Å². The van der Waals surface area contributed by atoms with E-state index in [1.165, 1.54) is 59.1 Å². The van der Waals surface area contributed by atoms with Crippen molar-refractivity contribution < 1.29 is 0 Å². The minimum absolute atomic E-state index is 0.631. The summed E-state index contributed by atoms with van der Waals surface area (Å²) in [5, 5.41) is 2.54. The molecule has 0 unspecified atom stereocenters. The maximum Gasteiger partial charge on any atom is 0.164 e. The van der Waals surface area contributed by atoms with Crippen LogP contribution in [0.15, 0.2) is 224 Å². The van der Waals surface area contributed by atoms with Gasteiger partial charge in [-0.2, -0.15) is 0 Å². The molecule has 0 saturated carbocycles. The molecule has 2 aromatic heterocycles. The van der Waals surface area contributed by atoms with Crippen LogP contribution in [-0.2, 0) is 0 Å². The van der Waals surface area contributed by atoms with E-state index in [4.69, 9.17) is 15.0 Å². The molecular weight excluding hydrogens is 759 g/mol. The molecule has 0 aliphatic rings. The van der Waals surface area contributed by atoms with E-state index in [1.54, 1.807) is 0 Å². The van der Waals surface area contributed by atoms with Crippen molar-refractivity contribution in [2.45, 2.75) is 0 Å². The van der Waals surface area contributed by atoms with Crippen LogP contribution in [0.3, 0.4) is 0 Å². The van der Waals surface area contributed by atoms with Gasteiger partial charge < -0.3 is 0 Å². The lowest BCUT2D eigenvalue weighted by molar-refractivity contribution is 1.07. The third-order valence-electron chi connectivity index (χ3n) is 11.4. The molecule has 0 spiro atoms. The average Bonchev–Trinajstić information content (AvgIpc) is 3.74.